The molecule has 1 aliphatic carbocycles. The molecule has 0 spiro atoms. The van der Waals surface area contributed by atoms with Crippen LogP contribution in [0.4, 0.5) is 11.6 Å². The molecule has 2 fully saturated rings. The van der Waals surface area contributed by atoms with E-state index in [0.29, 0.717) is 11.6 Å². The van der Waals surface area contributed by atoms with Crippen molar-refractivity contribution < 1.29 is 9.90 Å². The number of rotatable bonds is 6. The second-order valence-electron chi connectivity index (χ2n) is 11.4. The van der Waals surface area contributed by atoms with Crippen molar-refractivity contribution in [2.24, 2.45) is 12.8 Å². The Labute approximate surface area is 231 Å². The Morgan fingerprint density at radius 3 is 2.54 bits per heavy atom. The van der Waals surface area contributed by atoms with Crippen molar-refractivity contribution in [3.63, 3.8) is 0 Å². The van der Waals surface area contributed by atoms with E-state index < -0.39 is 5.91 Å². The summed E-state index contributed by atoms with van der Waals surface area (Å²) in [5, 5.41) is 14.3. The van der Waals surface area contributed by atoms with Crippen molar-refractivity contribution in [2.45, 2.75) is 51.3 Å². The van der Waals surface area contributed by atoms with Gasteiger partial charge in [0.25, 0.3) is 0 Å². The van der Waals surface area contributed by atoms with Crippen LogP contribution < -0.4 is 16.0 Å². The molecule has 3 aliphatic rings. The van der Waals surface area contributed by atoms with Crippen molar-refractivity contribution in [1.29, 1.82) is 0 Å². The average molecular weight is 534 g/mol. The number of carbonyl (C=O) groups excluding carboxylic acids is 1. The second-order valence-corrected chi connectivity index (χ2v) is 11.4. The number of amides is 1. The molecule has 6 rings (SSSR count). The van der Waals surface area contributed by atoms with Crippen LogP contribution in [0.15, 0.2) is 36.4 Å². The Morgan fingerprint density at radius 1 is 1.13 bits per heavy atom. The van der Waals surface area contributed by atoms with Gasteiger partial charge >= 0.3 is 0 Å². The third-order valence-electron chi connectivity index (χ3n) is 8.29. The molecular formula is C30H43N7O2. The molecule has 39 heavy (non-hydrogen) atoms. The Bertz CT molecular complexity index is 1290. The zero-order valence-electron chi connectivity index (χ0n) is 23.6. The number of likely N-dealkylation sites (N-methyl/N-ethyl adjacent to an activating group) is 1. The number of nitrogens with two attached hydrogens (primary N) is 1. The summed E-state index contributed by atoms with van der Waals surface area (Å²) in [5.41, 5.74) is 10.2. The smallest absolute Gasteiger partial charge is 0.248 e. The van der Waals surface area contributed by atoms with Gasteiger partial charge in [-0.2, -0.15) is 0 Å². The number of anilines is 2. The van der Waals surface area contributed by atoms with Crippen LogP contribution in [0.1, 0.15) is 47.8 Å². The number of aromatic nitrogens is 2. The molecule has 4 heterocycles. The fourth-order valence-corrected chi connectivity index (χ4v) is 5.81. The fourth-order valence-electron chi connectivity index (χ4n) is 5.81. The zero-order valence-corrected chi connectivity index (χ0v) is 23.6. The molecule has 4 N–H and O–H groups in total. The molecule has 9 heteroatoms. The number of primary amides is 1. The van der Waals surface area contributed by atoms with Crippen LogP contribution >= 0.6 is 0 Å². The quantitative estimate of drug-likeness (QED) is 0.448. The van der Waals surface area contributed by atoms with Crippen LogP contribution in [0.3, 0.4) is 0 Å². The first-order valence-electron chi connectivity index (χ1n) is 14.3. The first-order chi connectivity index (χ1) is 18.8. The Balaban J connectivity index is 0.000000160. The first-order valence-corrected chi connectivity index (χ1v) is 14.3. The Hall–Kier alpha value is -3.14. The third-order valence-corrected chi connectivity index (χ3v) is 8.29. The maximum absolute atomic E-state index is 11.5. The number of pyridine rings is 1. The molecule has 2 aliphatic heterocycles. The molecule has 1 aromatic carbocycles. The third kappa shape index (κ3) is 6.37. The fraction of sp³-hybridized carbons (Fsp3) is 0.533. The number of β-amino-alcohol motifs (C(OH)–C–C–N with tert-alkyl or cyclic N) is 1. The highest BCUT2D eigenvalue weighted by Crippen LogP contribution is 2.30. The van der Waals surface area contributed by atoms with Gasteiger partial charge in [-0.1, -0.05) is 18.2 Å². The molecular weight excluding hydrogens is 490 g/mol. The molecule has 0 bridgehead atoms. The standard InChI is InChI=1S/C15H23N5O.C15H20N2O/c1-19-5-7-20(8-6-19)14-10-11(15(16)21)9-13(18-14)17-12-3-2-4-12;1-11(18)9-17-8-7-15-13(10-17)12-5-3-4-6-14(12)16(15)2/h9-10,12H,2-8H2,1H3,(H2,16,21)(H,17,18);3-6,11,18H,7-10H2,1-2H3. The summed E-state index contributed by atoms with van der Waals surface area (Å²) < 4.78 is 2.32. The van der Waals surface area contributed by atoms with E-state index in [9.17, 15) is 9.90 Å². The zero-order chi connectivity index (χ0) is 27.5. The van der Waals surface area contributed by atoms with E-state index in [1.54, 1.807) is 12.1 Å². The lowest BCUT2D eigenvalue weighted by molar-refractivity contribution is 0.1000. The molecule has 1 amide bonds. The minimum Gasteiger partial charge on any atom is -0.392 e. The summed E-state index contributed by atoms with van der Waals surface area (Å²) in [4.78, 5) is 23.1. The van der Waals surface area contributed by atoms with Gasteiger partial charge in [-0.05, 0) is 57.0 Å². The summed E-state index contributed by atoms with van der Waals surface area (Å²) in [5.74, 6) is 1.22. The van der Waals surface area contributed by atoms with Gasteiger partial charge in [0.2, 0.25) is 5.91 Å². The largest absolute Gasteiger partial charge is 0.392 e. The summed E-state index contributed by atoms with van der Waals surface area (Å²) in [6, 6.07) is 12.7. The highest BCUT2D eigenvalue weighted by atomic mass is 16.3. The van der Waals surface area contributed by atoms with Crippen molar-refractivity contribution in [3.05, 3.63) is 53.2 Å². The minimum absolute atomic E-state index is 0.249. The van der Waals surface area contributed by atoms with Gasteiger partial charge in [0.15, 0.2) is 0 Å². The van der Waals surface area contributed by atoms with Crippen molar-refractivity contribution in [2.75, 3.05) is 56.5 Å². The normalized spacial score (nSPS) is 19.1. The number of carbonyl (C=O) groups is 1. The topological polar surface area (TPSA) is 103 Å². The van der Waals surface area contributed by atoms with E-state index >= 15 is 0 Å². The van der Waals surface area contributed by atoms with Gasteiger partial charge in [0.1, 0.15) is 11.6 Å². The lowest BCUT2D eigenvalue weighted by atomic mass is 9.93. The van der Waals surface area contributed by atoms with Crippen LogP contribution in [0.25, 0.3) is 10.9 Å². The van der Waals surface area contributed by atoms with Crippen molar-refractivity contribution >= 4 is 28.4 Å². The number of nitrogens with zero attached hydrogens (tertiary/aromatic N) is 5. The molecule has 1 saturated heterocycles. The number of benzene rings is 1. The number of nitrogens with one attached hydrogen (secondary N) is 1. The molecule has 0 radical (unpaired) electrons. The van der Waals surface area contributed by atoms with Gasteiger partial charge in [-0.15, -0.1) is 0 Å². The lowest BCUT2D eigenvalue weighted by Gasteiger charge is -2.34. The van der Waals surface area contributed by atoms with Gasteiger partial charge < -0.3 is 30.5 Å². The van der Waals surface area contributed by atoms with Crippen LogP contribution in [-0.2, 0) is 20.0 Å². The number of hydrogen-bond acceptors (Lipinski definition) is 7. The summed E-state index contributed by atoms with van der Waals surface area (Å²) in [6.07, 6.45) is 4.44. The van der Waals surface area contributed by atoms with E-state index in [1.165, 1.54) is 41.4 Å². The van der Waals surface area contributed by atoms with E-state index in [0.717, 1.165) is 63.9 Å². The average Bonchev–Trinajstić information content (AvgIpc) is 3.18. The van der Waals surface area contributed by atoms with Crippen LogP contribution in [0.2, 0.25) is 0 Å². The number of piperazine rings is 1. The lowest BCUT2D eigenvalue weighted by Crippen LogP contribution is -2.45. The number of fused-ring (bicyclic) bond motifs is 3. The first kappa shape index (κ1) is 27.4. The second kappa shape index (κ2) is 11.9. The predicted molar refractivity (Wildman–Crippen MR) is 157 cm³/mol. The molecule has 1 atom stereocenters. The van der Waals surface area contributed by atoms with E-state index in [1.807, 2.05) is 6.92 Å². The van der Waals surface area contributed by atoms with Crippen LogP contribution in [-0.4, -0.2) is 88.8 Å². The molecule has 210 valence electrons. The highest BCUT2D eigenvalue weighted by molar-refractivity contribution is 5.94. The Kier molecular flexibility index (Phi) is 8.40. The van der Waals surface area contributed by atoms with Gasteiger partial charge in [0, 0.05) is 87.5 Å². The molecule has 9 nitrogen and oxygen atoms in total. The number of aryl methyl sites for hydroxylation is 1. The Morgan fingerprint density at radius 2 is 1.87 bits per heavy atom. The van der Waals surface area contributed by atoms with Crippen LogP contribution in [0, 0.1) is 0 Å². The van der Waals surface area contributed by atoms with Gasteiger partial charge in [-0.3, -0.25) is 9.69 Å². The molecule has 1 saturated carbocycles. The van der Waals surface area contributed by atoms with Gasteiger partial charge in [-0.25, -0.2) is 4.98 Å². The van der Waals surface area contributed by atoms with Crippen LogP contribution in [0.5, 0.6) is 0 Å². The molecule has 1 unspecified atom stereocenters. The van der Waals surface area contributed by atoms with E-state index in [4.69, 9.17) is 5.73 Å². The maximum Gasteiger partial charge on any atom is 0.248 e. The summed E-state index contributed by atoms with van der Waals surface area (Å²) in [7, 11) is 4.28. The summed E-state index contributed by atoms with van der Waals surface area (Å²) in [6.45, 7) is 8.50. The number of para-hydroxylation sites is 1. The SMILES string of the molecule is CC(O)CN1CCc2c(c3ccccc3n2C)C1.CN1CCN(c2cc(C(N)=O)cc(NC3CCC3)n2)CC1. The summed E-state index contributed by atoms with van der Waals surface area (Å²) >= 11 is 0. The van der Waals surface area contributed by atoms with Crippen molar-refractivity contribution in [3.8, 4) is 0 Å². The molecule has 2 aromatic heterocycles. The molecule has 3 aromatic rings. The number of hydrogen-bond donors (Lipinski definition) is 3. The number of aliphatic hydroxyl groups is 1. The highest BCUT2D eigenvalue weighted by Gasteiger charge is 2.23. The maximum atomic E-state index is 11.5. The number of aliphatic hydroxyl groups excluding tert-OH is 1. The monoisotopic (exact) mass is 533 g/mol. The predicted octanol–water partition coefficient (Wildman–Crippen LogP) is 2.81. The van der Waals surface area contributed by atoms with Gasteiger partial charge in [0.05, 0.1) is 6.10 Å². The van der Waals surface area contributed by atoms with E-state index in [-0.39, 0.29) is 6.10 Å². The van der Waals surface area contributed by atoms with Crippen molar-refractivity contribution in [1.82, 2.24) is 19.4 Å². The van der Waals surface area contributed by atoms with E-state index in [2.05, 4.69) is 67.9 Å². The minimum atomic E-state index is -0.399.